The highest BCUT2D eigenvalue weighted by Gasteiger charge is 2.15. The zero-order valence-electron chi connectivity index (χ0n) is 15.5. The zero-order chi connectivity index (χ0) is 19.2. The first-order valence-corrected chi connectivity index (χ1v) is 8.86. The van der Waals surface area contributed by atoms with E-state index < -0.39 is 0 Å². The molecule has 0 fully saturated rings. The van der Waals surface area contributed by atoms with Gasteiger partial charge >= 0.3 is 0 Å². The van der Waals surface area contributed by atoms with Crippen LogP contribution in [0.3, 0.4) is 0 Å². The quantitative estimate of drug-likeness (QED) is 0.817. The van der Waals surface area contributed by atoms with Crippen LogP contribution in [0.1, 0.15) is 34.5 Å². The number of ether oxygens (including phenoxy) is 2. The van der Waals surface area contributed by atoms with Gasteiger partial charge in [-0.3, -0.25) is 14.6 Å². The molecule has 2 N–H and O–H groups in total. The van der Waals surface area contributed by atoms with Crippen molar-refractivity contribution in [3.8, 4) is 5.75 Å². The maximum absolute atomic E-state index is 12.6. The summed E-state index contributed by atoms with van der Waals surface area (Å²) in [7, 11) is 2.95. The highest BCUT2D eigenvalue weighted by molar-refractivity contribution is 6.04. The number of benzene rings is 1. The summed E-state index contributed by atoms with van der Waals surface area (Å²) in [5, 5.41) is 5.55. The van der Waals surface area contributed by atoms with Crippen LogP contribution in [0.25, 0.3) is 0 Å². The Morgan fingerprint density at radius 2 is 1.93 bits per heavy atom. The Labute approximate surface area is 158 Å². The lowest BCUT2D eigenvalue weighted by Gasteiger charge is -2.16. The number of nitrogens with one attached hydrogen (secondary N) is 2. The fraction of sp³-hybridized carbons (Fsp3) is 0.350. The van der Waals surface area contributed by atoms with Crippen LogP contribution in [-0.4, -0.2) is 37.6 Å². The van der Waals surface area contributed by atoms with Gasteiger partial charge in [0.15, 0.2) is 0 Å². The van der Waals surface area contributed by atoms with Gasteiger partial charge in [-0.15, -0.1) is 0 Å². The molecule has 7 nitrogen and oxygen atoms in total. The maximum Gasteiger partial charge on any atom is 0.257 e. The molecule has 142 valence electrons. The van der Waals surface area contributed by atoms with E-state index >= 15 is 0 Å². The van der Waals surface area contributed by atoms with E-state index in [1.807, 2.05) is 6.07 Å². The Balaban J connectivity index is 1.73. The molecule has 7 heteroatoms. The molecule has 2 amide bonds. The van der Waals surface area contributed by atoms with Crippen molar-refractivity contribution in [3.05, 3.63) is 47.3 Å². The Morgan fingerprint density at radius 1 is 1.11 bits per heavy atom. The minimum absolute atomic E-state index is 0.0486. The minimum Gasteiger partial charge on any atom is -0.494 e. The number of amides is 2. The van der Waals surface area contributed by atoms with Crippen molar-refractivity contribution in [3.63, 3.8) is 0 Å². The van der Waals surface area contributed by atoms with Crippen molar-refractivity contribution < 1.29 is 19.1 Å². The molecule has 1 heterocycles. The number of nitrogens with zero attached hydrogens (tertiary/aromatic N) is 1. The average Bonchev–Trinajstić information content (AvgIpc) is 2.68. The van der Waals surface area contributed by atoms with Gasteiger partial charge < -0.3 is 20.1 Å². The van der Waals surface area contributed by atoms with E-state index in [1.54, 1.807) is 24.4 Å². The van der Waals surface area contributed by atoms with Crippen LogP contribution in [-0.2, 0) is 22.4 Å². The van der Waals surface area contributed by atoms with Crippen molar-refractivity contribution in [2.75, 3.05) is 31.5 Å². The lowest BCUT2D eigenvalue weighted by molar-refractivity contribution is -0.119. The van der Waals surface area contributed by atoms with Crippen LogP contribution in [0.15, 0.2) is 30.5 Å². The van der Waals surface area contributed by atoms with Crippen molar-refractivity contribution in [1.29, 1.82) is 0 Å². The lowest BCUT2D eigenvalue weighted by Crippen LogP contribution is -2.18. The van der Waals surface area contributed by atoms with Gasteiger partial charge in [-0.2, -0.15) is 0 Å². The van der Waals surface area contributed by atoms with E-state index in [0.29, 0.717) is 22.7 Å². The van der Waals surface area contributed by atoms with Crippen LogP contribution in [0.4, 0.5) is 11.4 Å². The molecule has 0 spiro atoms. The topological polar surface area (TPSA) is 89.6 Å². The predicted molar refractivity (Wildman–Crippen MR) is 102 cm³/mol. The molecular formula is C20H23N3O4. The van der Waals surface area contributed by atoms with Crippen molar-refractivity contribution in [1.82, 2.24) is 4.98 Å². The fourth-order valence-corrected chi connectivity index (χ4v) is 3.11. The standard InChI is InChI=1S/C20H23N3O4/c1-26-12-19(24)23-17-8-7-15(10-18(17)27-2)22-20(25)14-9-13-5-3-4-6-16(13)21-11-14/h7-11H,3-6,12H2,1-2H3,(H,22,25)(H,23,24). The Hall–Kier alpha value is -2.93. The summed E-state index contributed by atoms with van der Waals surface area (Å²) in [5.41, 5.74) is 3.86. The monoisotopic (exact) mass is 369 g/mol. The first-order valence-electron chi connectivity index (χ1n) is 8.86. The number of hydrogen-bond donors (Lipinski definition) is 2. The summed E-state index contributed by atoms with van der Waals surface area (Å²) < 4.78 is 10.1. The Kier molecular flexibility index (Phi) is 6.03. The molecule has 0 aliphatic heterocycles. The van der Waals surface area contributed by atoms with Crippen LogP contribution in [0.5, 0.6) is 5.75 Å². The Bertz CT molecular complexity index is 851. The zero-order valence-corrected chi connectivity index (χ0v) is 15.5. The van der Waals surface area contributed by atoms with Crippen LogP contribution >= 0.6 is 0 Å². The molecule has 1 aromatic carbocycles. The van der Waals surface area contributed by atoms with Gasteiger partial charge in [-0.1, -0.05) is 0 Å². The maximum atomic E-state index is 12.6. The summed E-state index contributed by atoms with van der Waals surface area (Å²) >= 11 is 0. The number of rotatable bonds is 6. The second kappa shape index (κ2) is 8.64. The number of anilines is 2. The van der Waals surface area contributed by atoms with Gasteiger partial charge in [-0.05, 0) is 49.4 Å². The normalized spacial score (nSPS) is 12.8. The summed E-state index contributed by atoms with van der Waals surface area (Å²) in [6.45, 7) is -0.0486. The molecule has 2 aromatic rings. The first-order chi connectivity index (χ1) is 13.1. The van der Waals surface area contributed by atoms with Crippen LogP contribution in [0, 0.1) is 0 Å². The van der Waals surface area contributed by atoms with Crippen LogP contribution < -0.4 is 15.4 Å². The highest BCUT2D eigenvalue weighted by atomic mass is 16.5. The van der Waals surface area contributed by atoms with E-state index in [9.17, 15) is 9.59 Å². The number of pyridine rings is 1. The largest absolute Gasteiger partial charge is 0.494 e. The SMILES string of the molecule is COCC(=O)Nc1ccc(NC(=O)c2cnc3c(c2)CCCC3)cc1OC. The van der Waals surface area contributed by atoms with Crippen molar-refractivity contribution in [2.45, 2.75) is 25.7 Å². The minimum atomic E-state index is -0.285. The molecule has 0 saturated carbocycles. The fourth-order valence-electron chi connectivity index (χ4n) is 3.11. The summed E-state index contributed by atoms with van der Waals surface area (Å²) in [6, 6.07) is 6.96. The van der Waals surface area contributed by atoms with Gasteiger partial charge in [-0.25, -0.2) is 0 Å². The van der Waals surface area contributed by atoms with Gasteiger partial charge in [0.1, 0.15) is 12.4 Å². The number of fused-ring (bicyclic) bond motifs is 1. The van der Waals surface area contributed by atoms with Crippen molar-refractivity contribution in [2.24, 2.45) is 0 Å². The molecule has 1 aliphatic carbocycles. The van der Waals surface area contributed by atoms with E-state index in [-0.39, 0.29) is 18.4 Å². The summed E-state index contributed by atoms with van der Waals surface area (Å²) in [5.74, 6) is -0.0670. The summed E-state index contributed by atoms with van der Waals surface area (Å²) in [4.78, 5) is 28.7. The highest BCUT2D eigenvalue weighted by Crippen LogP contribution is 2.28. The van der Waals surface area contributed by atoms with E-state index in [4.69, 9.17) is 9.47 Å². The lowest BCUT2D eigenvalue weighted by atomic mass is 9.95. The molecule has 3 rings (SSSR count). The number of carbonyl (C=O) groups is 2. The van der Waals surface area contributed by atoms with Crippen LogP contribution in [0.2, 0.25) is 0 Å². The number of carbonyl (C=O) groups excluding carboxylic acids is 2. The molecule has 0 radical (unpaired) electrons. The van der Waals surface area contributed by atoms with Crippen molar-refractivity contribution >= 4 is 23.2 Å². The third kappa shape index (κ3) is 4.62. The second-order valence-corrected chi connectivity index (χ2v) is 6.39. The molecule has 0 atom stereocenters. The molecule has 1 aromatic heterocycles. The number of aryl methyl sites for hydroxylation is 2. The Morgan fingerprint density at radius 3 is 2.70 bits per heavy atom. The van der Waals surface area contributed by atoms with E-state index in [0.717, 1.165) is 36.9 Å². The number of aromatic nitrogens is 1. The third-order valence-corrected chi connectivity index (χ3v) is 4.44. The van der Waals surface area contributed by atoms with Gasteiger partial charge in [0.25, 0.3) is 5.91 Å². The molecule has 1 aliphatic rings. The number of hydrogen-bond acceptors (Lipinski definition) is 5. The predicted octanol–water partition coefficient (Wildman–Crippen LogP) is 2.81. The summed E-state index contributed by atoms with van der Waals surface area (Å²) in [6.07, 6.45) is 5.85. The molecular weight excluding hydrogens is 346 g/mol. The average molecular weight is 369 g/mol. The number of methoxy groups -OCH3 is 2. The third-order valence-electron chi connectivity index (χ3n) is 4.44. The van der Waals surface area contributed by atoms with E-state index in [1.165, 1.54) is 14.2 Å². The molecule has 0 bridgehead atoms. The first kappa shape index (κ1) is 18.8. The smallest absolute Gasteiger partial charge is 0.257 e. The van der Waals surface area contributed by atoms with Gasteiger partial charge in [0.2, 0.25) is 5.91 Å². The van der Waals surface area contributed by atoms with E-state index in [2.05, 4.69) is 15.6 Å². The van der Waals surface area contributed by atoms with Gasteiger partial charge in [0.05, 0.1) is 18.4 Å². The van der Waals surface area contributed by atoms with Gasteiger partial charge in [0, 0.05) is 30.8 Å². The molecule has 27 heavy (non-hydrogen) atoms. The molecule has 0 unspecified atom stereocenters. The molecule has 0 saturated heterocycles. The second-order valence-electron chi connectivity index (χ2n) is 6.39.